The average molecular weight is 301 g/mol. The summed E-state index contributed by atoms with van der Waals surface area (Å²) in [6.45, 7) is 7.89. The molecule has 1 rings (SSSR count). The van der Waals surface area contributed by atoms with Crippen molar-refractivity contribution < 1.29 is 9.59 Å². The zero-order valence-electron chi connectivity index (χ0n) is 13.6. The van der Waals surface area contributed by atoms with Gasteiger partial charge in [0.2, 0.25) is 5.91 Å². The zero-order valence-corrected chi connectivity index (χ0v) is 13.6. The molecule has 0 aliphatic heterocycles. The van der Waals surface area contributed by atoms with Gasteiger partial charge in [0, 0.05) is 24.2 Å². The van der Waals surface area contributed by atoms with Gasteiger partial charge in [-0.25, -0.2) is 0 Å². The summed E-state index contributed by atoms with van der Waals surface area (Å²) in [5.41, 5.74) is 2.06. The minimum absolute atomic E-state index is 0.0295. The monoisotopic (exact) mass is 301 g/mol. The third-order valence-electron chi connectivity index (χ3n) is 3.15. The highest BCUT2D eigenvalue weighted by Crippen LogP contribution is 2.17. The van der Waals surface area contributed by atoms with Crippen molar-refractivity contribution in [3.63, 3.8) is 0 Å². The fourth-order valence-corrected chi connectivity index (χ4v) is 1.91. The number of aryl methyl sites for hydroxylation is 1. The van der Waals surface area contributed by atoms with Gasteiger partial charge in [0.15, 0.2) is 0 Å². The molecule has 118 valence electrons. The Morgan fingerprint density at radius 1 is 1.27 bits per heavy atom. The van der Waals surface area contributed by atoms with Crippen LogP contribution in [-0.4, -0.2) is 18.4 Å². The number of nitrogens with zero attached hydrogens (tertiary/aromatic N) is 1. The molecule has 5 heteroatoms. The summed E-state index contributed by atoms with van der Waals surface area (Å²) < 4.78 is 0. The quantitative estimate of drug-likeness (QED) is 0.847. The minimum Gasteiger partial charge on any atom is -0.351 e. The lowest BCUT2D eigenvalue weighted by Gasteiger charge is -2.12. The molecule has 0 saturated carbocycles. The van der Waals surface area contributed by atoms with Gasteiger partial charge in [-0.1, -0.05) is 13.8 Å². The molecule has 1 atom stereocenters. The van der Waals surface area contributed by atoms with Gasteiger partial charge in [-0.15, -0.1) is 0 Å². The second-order valence-corrected chi connectivity index (χ2v) is 5.92. The molecule has 0 radical (unpaired) electrons. The van der Waals surface area contributed by atoms with Crippen molar-refractivity contribution in [1.82, 2.24) is 5.32 Å². The Morgan fingerprint density at radius 3 is 2.50 bits per heavy atom. The Bertz CT molecular complexity index is 588. The van der Waals surface area contributed by atoms with Crippen LogP contribution in [0.4, 0.5) is 5.69 Å². The van der Waals surface area contributed by atoms with Crippen molar-refractivity contribution in [3.8, 4) is 6.07 Å². The highest BCUT2D eigenvalue weighted by atomic mass is 16.2. The smallest absolute Gasteiger partial charge is 0.251 e. The summed E-state index contributed by atoms with van der Waals surface area (Å²) in [6.07, 6.45) is 0.466. The van der Waals surface area contributed by atoms with Crippen LogP contribution < -0.4 is 10.6 Å². The summed E-state index contributed by atoms with van der Waals surface area (Å²) in [4.78, 5) is 23.8. The Hall–Kier alpha value is -2.35. The molecule has 0 heterocycles. The maximum Gasteiger partial charge on any atom is 0.251 e. The standard InChI is InChI=1S/C17H23N3O2/c1-11(2)7-16(21)20-15-6-5-14(8-13(15)4)17(22)19-10-12(3)9-18/h5-6,8,11-12H,7,10H2,1-4H3,(H,19,22)(H,20,21)/t12-/m0/s1. The largest absolute Gasteiger partial charge is 0.351 e. The van der Waals surface area contributed by atoms with E-state index in [9.17, 15) is 9.59 Å². The average Bonchev–Trinajstić information content (AvgIpc) is 2.45. The lowest BCUT2D eigenvalue weighted by atomic mass is 10.1. The molecule has 0 spiro atoms. The van der Waals surface area contributed by atoms with E-state index in [-0.39, 0.29) is 17.7 Å². The Labute approximate surface area is 131 Å². The molecule has 0 unspecified atom stereocenters. The molecular weight excluding hydrogens is 278 g/mol. The van der Waals surface area contributed by atoms with E-state index in [4.69, 9.17) is 5.26 Å². The first-order valence-corrected chi connectivity index (χ1v) is 7.41. The van der Waals surface area contributed by atoms with Gasteiger partial charge < -0.3 is 10.6 Å². The first kappa shape index (κ1) is 17.7. The number of carbonyl (C=O) groups excluding carboxylic acids is 2. The molecule has 22 heavy (non-hydrogen) atoms. The van der Waals surface area contributed by atoms with Gasteiger partial charge in [-0.3, -0.25) is 9.59 Å². The zero-order chi connectivity index (χ0) is 16.7. The minimum atomic E-state index is -0.223. The van der Waals surface area contributed by atoms with Crippen molar-refractivity contribution in [2.24, 2.45) is 11.8 Å². The predicted molar refractivity (Wildman–Crippen MR) is 86.4 cm³/mol. The van der Waals surface area contributed by atoms with E-state index < -0.39 is 0 Å². The lowest BCUT2D eigenvalue weighted by molar-refractivity contribution is -0.116. The van der Waals surface area contributed by atoms with Crippen molar-refractivity contribution in [1.29, 1.82) is 5.26 Å². The third kappa shape index (κ3) is 5.57. The second-order valence-electron chi connectivity index (χ2n) is 5.92. The Kier molecular flexibility index (Phi) is 6.58. The molecular formula is C17H23N3O2. The van der Waals surface area contributed by atoms with Gasteiger partial charge in [-0.2, -0.15) is 5.26 Å². The first-order valence-electron chi connectivity index (χ1n) is 7.41. The molecule has 1 aromatic rings. The summed E-state index contributed by atoms with van der Waals surface area (Å²) in [5, 5.41) is 14.3. The molecule has 0 bridgehead atoms. The van der Waals surface area contributed by atoms with Crippen LogP contribution in [0.25, 0.3) is 0 Å². The number of carbonyl (C=O) groups is 2. The summed E-state index contributed by atoms with van der Waals surface area (Å²) in [6, 6.07) is 7.20. The summed E-state index contributed by atoms with van der Waals surface area (Å²) in [5.74, 6) is -0.171. The van der Waals surface area contributed by atoms with Crippen LogP contribution in [-0.2, 0) is 4.79 Å². The van der Waals surface area contributed by atoms with Crippen LogP contribution in [0.15, 0.2) is 18.2 Å². The molecule has 0 saturated heterocycles. The van der Waals surface area contributed by atoms with Crippen LogP contribution in [0.3, 0.4) is 0 Å². The van der Waals surface area contributed by atoms with Gasteiger partial charge in [0.25, 0.3) is 5.91 Å². The fraction of sp³-hybridized carbons (Fsp3) is 0.471. The third-order valence-corrected chi connectivity index (χ3v) is 3.15. The number of hydrogen-bond donors (Lipinski definition) is 2. The first-order chi connectivity index (χ1) is 10.3. The SMILES string of the molecule is Cc1cc(C(=O)NC[C@@H](C)C#N)ccc1NC(=O)CC(C)C. The normalized spacial score (nSPS) is 11.6. The molecule has 5 nitrogen and oxygen atoms in total. The van der Waals surface area contributed by atoms with E-state index in [0.717, 1.165) is 5.56 Å². The maximum atomic E-state index is 12.0. The number of anilines is 1. The van der Waals surface area contributed by atoms with Crippen LogP contribution in [0.5, 0.6) is 0 Å². The molecule has 1 aromatic carbocycles. The summed E-state index contributed by atoms with van der Waals surface area (Å²) in [7, 11) is 0. The molecule has 0 aliphatic rings. The van der Waals surface area contributed by atoms with Crippen LogP contribution in [0.2, 0.25) is 0 Å². The topological polar surface area (TPSA) is 82.0 Å². The number of amides is 2. The number of hydrogen-bond acceptors (Lipinski definition) is 3. The maximum absolute atomic E-state index is 12.0. The van der Waals surface area contributed by atoms with Crippen molar-refractivity contribution in [2.45, 2.75) is 34.1 Å². The Balaban J connectivity index is 2.71. The number of benzene rings is 1. The van der Waals surface area contributed by atoms with Gasteiger partial charge >= 0.3 is 0 Å². The molecule has 0 fully saturated rings. The van der Waals surface area contributed by atoms with Crippen LogP contribution in [0.1, 0.15) is 43.1 Å². The van der Waals surface area contributed by atoms with E-state index in [1.54, 1.807) is 25.1 Å². The fourth-order valence-electron chi connectivity index (χ4n) is 1.91. The van der Waals surface area contributed by atoms with Crippen molar-refractivity contribution >= 4 is 17.5 Å². The highest BCUT2D eigenvalue weighted by molar-refractivity contribution is 5.96. The number of rotatable bonds is 6. The van der Waals surface area contributed by atoms with Crippen LogP contribution >= 0.6 is 0 Å². The molecule has 0 aliphatic carbocycles. The van der Waals surface area contributed by atoms with E-state index in [1.807, 2.05) is 20.8 Å². The molecule has 2 amide bonds. The van der Waals surface area contributed by atoms with E-state index in [0.29, 0.717) is 30.1 Å². The van der Waals surface area contributed by atoms with E-state index in [2.05, 4.69) is 16.7 Å². The van der Waals surface area contributed by atoms with Crippen LogP contribution in [0, 0.1) is 30.1 Å². The van der Waals surface area contributed by atoms with E-state index in [1.165, 1.54) is 0 Å². The Morgan fingerprint density at radius 2 is 1.95 bits per heavy atom. The van der Waals surface area contributed by atoms with Crippen molar-refractivity contribution in [2.75, 3.05) is 11.9 Å². The number of nitrogens with one attached hydrogen (secondary N) is 2. The second kappa shape index (κ2) is 8.18. The van der Waals surface area contributed by atoms with Crippen molar-refractivity contribution in [3.05, 3.63) is 29.3 Å². The van der Waals surface area contributed by atoms with Gasteiger partial charge in [-0.05, 0) is 43.5 Å². The van der Waals surface area contributed by atoms with E-state index >= 15 is 0 Å². The summed E-state index contributed by atoms with van der Waals surface area (Å²) >= 11 is 0. The lowest BCUT2D eigenvalue weighted by Crippen LogP contribution is -2.27. The predicted octanol–water partition coefficient (Wildman–Crippen LogP) is 2.87. The van der Waals surface area contributed by atoms with Gasteiger partial charge in [0.05, 0.1) is 12.0 Å². The molecule has 0 aromatic heterocycles. The van der Waals surface area contributed by atoms with Gasteiger partial charge in [0.1, 0.15) is 0 Å². The molecule has 2 N–H and O–H groups in total. The highest BCUT2D eigenvalue weighted by Gasteiger charge is 2.11. The number of nitriles is 1.